The summed E-state index contributed by atoms with van der Waals surface area (Å²) in [6, 6.07) is 7.59. The second kappa shape index (κ2) is 8.02. The third-order valence-corrected chi connectivity index (χ3v) is 4.04. The summed E-state index contributed by atoms with van der Waals surface area (Å²) >= 11 is 0. The van der Waals surface area contributed by atoms with E-state index >= 15 is 0 Å². The van der Waals surface area contributed by atoms with Crippen LogP contribution in [0.2, 0.25) is 0 Å². The topological polar surface area (TPSA) is 71.7 Å². The predicted octanol–water partition coefficient (Wildman–Crippen LogP) is 3.88. The molecule has 0 bridgehead atoms. The number of carbonyl (C=O) groups is 1. The van der Waals surface area contributed by atoms with E-state index in [2.05, 4.69) is 5.32 Å². The fourth-order valence-electron chi connectivity index (χ4n) is 2.95. The largest absolute Gasteiger partial charge is 0.451 e. The maximum atomic E-state index is 12.7. The second-order valence-corrected chi connectivity index (χ2v) is 7.67. The van der Waals surface area contributed by atoms with Crippen molar-refractivity contribution in [2.75, 3.05) is 6.54 Å². The molecule has 0 radical (unpaired) electrons. The molecule has 1 amide bonds. The minimum absolute atomic E-state index is 0.0644. The molecule has 5 nitrogen and oxygen atoms in total. The number of aliphatic hydroxyl groups excluding tert-OH is 1. The van der Waals surface area contributed by atoms with Crippen molar-refractivity contribution in [3.05, 3.63) is 35.6 Å². The average molecular weight is 347 g/mol. The molecule has 0 spiro atoms. The molecule has 1 heterocycles. The van der Waals surface area contributed by atoms with Gasteiger partial charge in [0.25, 0.3) is 5.91 Å². The van der Waals surface area contributed by atoms with Crippen LogP contribution in [0.15, 0.2) is 28.7 Å². The maximum Gasteiger partial charge on any atom is 0.287 e. The standard InChI is InChI=1S/C20H29NO4/c1-13(2)24-11-16-15-8-6-7-9-17(15)25-18(16)19(23)21-12-20(4,5)10-14(3)22/h6-9,13-14,22H,10-12H2,1-5H3,(H,21,23). The van der Waals surface area contributed by atoms with Gasteiger partial charge in [-0.1, -0.05) is 32.0 Å². The molecule has 1 aromatic carbocycles. The Balaban J connectivity index is 2.20. The van der Waals surface area contributed by atoms with Crippen molar-refractivity contribution >= 4 is 16.9 Å². The Kier molecular flexibility index (Phi) is 6.25. The first-order chi connectivity index (χ1) is 11.7. The highest BCUT2D eigenvalue weighted by Gasteiger charge is 2.25. The molecule has 0 saturated heterocycles. The van der Waals surface area contributed by atoms with Crippen LogP contribution in [0.5, 0.6) is 0 Å². The molecule has 25 heavy (non-hydrogen) atoms. The van der Waals surface area contributed by atoms with Gasteiger partial charge in [0.1, 0.15) is 5.58 Å². The smallest absolute Gasteiger partial charge is 0.287 e. The van der Waals surface area contributed by atoms with Crippen molar-refractivity contribution in [3.63, 3.8) is 0 Å². The van der Waals surface area contributed by atoms with Crippen LogP contribution in [0.1, 0.15) is 57.2 Å². The first kappa shape index (κ1) is 19.5. The second-order valence-electron chi connectivity index (χ2n) is 7.67. The van der Waals surface area contributed by atoms with Gasteiger partial charge in [0.05, 0.1) is 18.8 Å². The van der Waals surface area contributed by atoms with E-state index in [9.17, 15) is 9.90 Å². The van der Waals surface area contributed by atoms with Crippen molar-refractivity contribution < 1.29 is 19.1 Å². The number of benzene rings is 1. The number of furan rings is 1. The summed E-state index contributed by atoms with van der Waals surface area (Å²) in [6.45, 7) is 10.5. The fraction of sp³-hybridized carbons (Fsp3) is 0.550. The maximum absolute atomic E-state index is 12.7. The molecule has 0 aliphatic rings. The van der Waals surface area contributed by atoms with Gasteiger partial charge < -0.3 is 19.6 Å². The molecule has 2 aromatic rings. The number of para-hydroxylation sites is 1. The molecule has 1 aromatic heterocycles. The monoisotopic (exact) mass is 347 g/mol. The molecule has 2 rings (SSSR count). The summed E-state index contributed by atoms with van der Waals surface area (Å²) < 4.78 is 11.5. The van der Waals surface area contributed by atoms with Crippen molar-refractivity contribution in [2.24, 2.45) is 5.41 Å². The molecule has 0 fully saturated rings. The molecule has 0 aliphatic heterocycles. The van der Waals surface area contributed by atoms with E-state index in [0.717, 1.165) is 10.9 Å². The van der Waals surface area contributed by atoms with E-state index in [-0.39, 0.29) is 17.4 Å². The highest BCUT2D eigenvalue weighted by molar-refractivity contribution is 5.99. The molecule has 1 atom stereocenters. The van der Waals surface area contributed by atoms with Gasteiger partial charge in [0.2, 0.25) is 0 Å². The summed E-state index contributed by atoms with van der Waals surface area (Å²) in [5.41, 5.74) is 1.25. The van der Waals surface area contributed by atoms with E-state index in [1.165, 1.54) is 0 Å². The molecule has 0 aliphatic carbocycles. The lowest BCUT2D eigenvalue weighted by atomic mass is 9.87. The molecule has 2 N–H and O–H groups in total. The van der Waals surface area contributed by atoms with Gasteiger partial charge in [0, 0.05) is 17.5 Å². The average Bonchev–Trinajstić information content (AvgIpc) is 2.88. The lowest BCUT2D eigenvalue weighted by Crippen LogP contribution is -2.36. The van der Waals surface area contributed by atoms with Gasteiger partial charge in [0.15, 0.2) is 5.76 Å². The summed E-state index contributed by atoms with van der Waals surface area (Å²) in [4.78, 5) is 12.7. The molecular weight excluding hydrogens is 318 g/mol. The lowest BCUT2D eigenvalue weighted by molar-refractivity contribution is 0.0641. The third kappa shape index (κ3) is 5.31. The zero-order chi connectivity index (χ0) is 18.6. The van der Waals surface area contributed by atoms with Gasteiger partial charge in [-0.15, -0.1) is 0 Å². The minimum Gasteiger partial charge on any atom is -0.451 e. The normalized spacial score (nSPS) is 13.4. The Hall–Kier alpha value is -1.85. The molecule has 0 saturated carbocycles. The number of nitrogens with one attached hydrogen (secondary N) is 1. The Labute approximate surface area is 149 Å². The van der Waals surface area contributed by atoms with Crippen LogP contribution in [0.3, 0.4) is 0 Å². The van der Waals surface area contributed by atoms with Crippen LogP contribution in [-0.2, 0) is 11.3 Å². The number of rotatable bonds is 8. The Morgan fingerprint density at radius 2 is 1.96 bits per heavy atom. The summed E-state index contributed by atoms with van der Waals surface area (Å²) in [6.07, 6.45) is 0.263. The Bertz CT molecular complexity index is 716. The van der Waals surface area contributed by atoms with Crippen LogP contribution < -0.4 is 5.32 Å². The fourth-order valence-corrected chi connectivity index (χ4v) is 2.95. The highest BCUT2D eigenvalue weighted by Crippen LogP contribution is 2.27. The number of hydrogen-bond donors (Lipinski definition) is 2. The number of ether oxygens (including phenoxy) is 1. The zero-order valence-corrected chi connectivity index (χ0v) is 15.8. The lowest BCUT2D eigenvalue weighted by Gasteiger charge is -2.26. The molecule has 138 valence electrons. The zero-order valence-electron chi connectivity index (χ0n) is 15.8. The Morgan fingerprint density at radius 3 is 2.60 bits per heavy atom. The van der Waals surface area contributed by atoms with E-state index in [0.29, 0.717) is 30.9 Å². The van der Waals surface area contributed by atoms with Crippen LogP contribution in [0, 0.1) is 5.41 Å². The van der Waals surface area contributed by atoms with Gasteiger partial charge in [-0.3, -0.25) is 4.79 Å². The first-order valence-corrected chi connectivity index (χ1v) is 8.78. The number of aliphatic hydroxyl groups is 1. The number of fused-ring (bicyclic) bond motifs is 1. The van der Waals surface area contributed by atoms with Gasteiger partial charge in [-0.05, 0) is 38.7 Å². The predicted molar refractivity (Wildman–Crippen MR) is 98.6 cm³/mol. The van der Waals surface area contributed by atoms with Gasteiger partial charge >= 0.3 is 0 Å². The van der Waals surface area contributed by atoms with E-state index < -0.39 is 6.10 Å². The van der Waals surface area contributed by atoms with Crippen LogP contribution in [0.25, 0.3) is 11.0 Å². The van der Waals surface area contributed by atoms with E-state index in [1.807, 2.05) is 52.0 Å². The molecule has 1 unspecified atom stereocenters. The van der Waals surface area contributed by atoms with Gasteiger partial charge in [-0.2, -0.15) is 0 Å². The Morgan fingerprint density at radius 1 is 1.28 bits per heavy atom. The SMILES string of the molecule is CC(O)CC(C)(C)CNC(=O)c1oc2ccccc2c1COC(C)C. The quantitative estimate of drug-likeness (QED) is 0.760. The number of hydrogen-bond acceptors (Lipinski definition) is 4. The van der Waals surface area contributed by atoms with Crippen molar-refractivity contribution in [2.45, 2.75) is 59.9 Å². The van der Waals surface area contributed by atoms with Crippen LogP contribution in [0.4, 0.5) is 0 Å². The summed E-state index contributed by atoms with van der Waals surface area (Å²) in [7, 11) is 0. The summed E-state index contributed by atoms with van der Waals surface area (Å²) in [5, 5.41) is 13.4. The number of carbonyl (C=O) groups excluding carboxylic acids is 1. The van der Waals surface area contributed by atoms with E-state index in [4.69, 9.17) is 9.15 Å². The number of amides is 1. The van der Waals surface area contributed by atoms with Crippen LogP contribution >= 0.6 is 0 Å². The minimum atomic E-state index is -0.409. The highest BCUT2D eigenvalue weighted by atomic mass is 16.5. The van der Waals surface area contributed by atoms with Gasteiger partial charge in [-0.25, -0.2) is 0 Å². The van der Waals surface area contributed by atoms with Crippen molar-refractivity contribution in [1.82, 2.24) is 5.32 Å². The van der Waals surface area contributed by atoms with Crippen molar-refractivity contribution in [1.29, 1.82) is 0 Å². The molecule has 5 heteroatoms. The summed E-state index contributed by atoms with van der Waals surface area (Å²) in [5.74, 6) is 0.0481. The van der Waals surface area contributed by atoms with E-state index in [1.54, 1.807) is 6.92 Å². The third-order valence-electron chi connectivity index (χ3n) is 4.04. The first-order valence-electron chi connectivity index (χ1n) is 8.78. The molecular formula is C20H29NO4. The van der Waals surface area contributed by atoms with Crippen LogP contribution in [-0.4, -0.2) is 29.8 Å². The van der Waals surface area contributed by atoms with Crippen molar-refractivity contribution in [3.8, 4) is 0 Å².